The Balaban J connectivity index is 1.73. The molecule has 250 valence electrons. The zero-order chi connectivity index (χ0) is 32.9. The molecule has 0 aromatic rings. The van der Waals surface area contributed by atoms with E-state index in [0.29, 0.717) is 57.1 Å². The third-order valence-corrected chi connectivity index (χ3v) is 12.0. The Morgan fingerprint density at radius 1 is 1.16 bits per heavy atom. The fraction of sp³-hybridized carbons (Fsp3) is 0.658. The third kappa shape index (κ3) is 5.94. The molecule has 3 saturated carbocycles. The van der Waals surface area contributed by atoms with Crippen molar-refractivity contribution in [3.05, 3.63) is 70.9 Å². The molecule has 0 saturated heterocycles. The Bertz CT molecular complexity index is 1250. The molecule has 7 unspecified atom stereocenters. The normalized spacial score (nSPS) is 37.2. The van der Waals surface area contributed by atoms with Crippen LogP contribution in [-0.2, 0) is 4.79 Å². The van der Waals surface area contributed by atoms with Gasteiger partial charge in [-0.15, -0.1) is 0 Å². The highest BCUT2D eigenvalue weighted by molar-refractivity contribution is 5.75. The monoisotopic (exact) mass is 622 g/mol. The Labute approximate surface area is 271 Å². The maximum Gasteiger partial charge on any atom is 0.145 e. The van der Waals surface area contributed by atoms with Crippen LogP contribution in [0.4, 0.5) is 0 Å². The minimum absolute atomic E-state index is 0.0113. The number of carbonyl (C=O) groups is 1. The van der Waals surface area contributed by atoms with Crippen molar-refractivity contribution < 1.29 is 25.2 Å². The highest BCUT2D eigenvalue weighted by Gasteiger charge is 2.79. The number of hydrogen-bond donors (Lipinski definition) is 6. The van der Waals surface area contributed by atoms with Gasteiger partial charge in [-0.1, -0.05) is 61.1 Å². The summed E-state index contributed by atoms with van der Waals surface area (Å²) in [4.78, 5) is 12.4. The second kappa shape index (κ2) is 14.7. The molecule has 4 aliphatic rings. The van der Waals surface area contributed by atoms with E-state index in [2.05, 4.69) is 49.3 Å². The van der Waals surface area contributed by atoms with Crippen molar-refractivity contribution in [3.63, 3.8) is 0 Å². The summed E-state index contributed by atoms with van der Waals surface area (Å²) < 4.78 is 0. The number of allylic oxidation sites excluding steroid dienone is 9. The van der Waals surface area contributed by atoms with E-state index in [1.165, 1.54) is 5.57 Å². The van der Waals surface area contributed by atoms with Crippen LogP contribution in [0.2, 0.25) is 0 Å². The number of fused-ring (bicyclic) bond motifs is 2. The summed E-state index contributed by atoms with van der Waals surface area (Å²) >= 11 is 0. The molecule has 0 aromatic carbocycles. The third-order valence-electron chi connectivity index (χ3n) is 12.0. The average Bonchev–Trinajstić information content (AvgIpc) is 3.23. The molecule has 7 heteroatoms. The molecule has 7 atom stereocenters. The first-order valence-corrected chi connectivity index (χ1v) is 17.1. The van der Waals surface area contributed by atoms with Gasteiger partial charge in [-0.2, -0.15) is 0 Å². The summed E-state index contributed by atoms with van der Waals surface area (Å²) in [6, 6.07) is 0. The molecule has 4 rings (SSSR count). The van der Waals surface area contributed by atoms with Crippen LogP contribution in [0.1, 0.15) is 78.6 Å². The molecule has 0 heterocycles. The summed E-state index contributed by atoms with van der Waals surface area (Å²) in [5.74, 6) is -0.211. The minimum atomic E-state index is -1.20. The van der Waals surface area contributed by atoms with Crippen molar-refractivity contribution in [1.82, 2.24) is 10.6 Å². The van der Waals surface area contributed by atoms with Gasteiger partial charge in [0.1, 0.15) is 6.29 Å². The quantitative estimate of drug-likeness (QED) is 0.0639. The van der Waals surface area contributed by atoms with E-state index >= 15 is 0 Å². The SMILES string of the molecule is C=C(C=CC=C(CO)C12CCC34C(=C(C)C=O)C(C=CC3CCO)CC(O)(CCNC)C4(CC1)C2O)CCC=C(C)CNCC. The molecule has 7 nitrogen and oxygen atoms in total. The highest BCUT2D eigenvalue weighted by Crippen LogP contribution is 2.80. The highest BCUT2D eigenvalue weighted by atomic mass is 16.3. The molecule has 2 spiro atoms. The van der Waals surface area contributed by atoms with Crippen LogP contribution < -0.4 is 10.6 Å². The molecule has 3 fully saturated rings. The summed E-state index contributed by atoms with van der Waals surface area (Å²) in [7, 11) is 1.88. The van der Waals surface area contributed by atoms with Crippen molar-refractivity contribution in [3.8, 4) is 0 Å². The van der Waals surface area contributed by atoms with Crippen LogP contribution in [0, 0.1) is 28.1 Å². The largest absolute Gasteiger partial charge is 0.396 e. The van der Waals surface area contributed by atoms with Gasteiger partial charge in [0.25, 0.3) is 0 Å². The molecule has 4 aliphatic carbocycles. The number of hydrogen-bond acceptors (Lipinski definition) is 7. The molecule has 0 aromatic heterocycles. The van der Waals surface area contributed by atoms with Gasteiger partial charge >= 0.3 is 0 Å². The minimum Gasteiger partial charge on any atom is -0.396 e. The Morgan fingerprint density at radius 3 is 2.58 bits per heavy atom. The van der Waals surface area contributed by atoms with E-state index in [1.54, 1.807) is 0 Å². The summed E-state index contributed by atoms with van der Waals surface area (Å²) in [6.45, 7) is 12.6. The Kier molecular flexibility index (Phi) is 11.7. The van der Waals surface area contributed by atoms with Gasteiger partial charge in [0, 0.05) is 35.3 Å². The molecular formula is C38H58N2O5. The Hall–Kier alpha value is -2.13. The van der Waals surface area contributed by atoms with Crippen molar-refractivity contribution in [2.24, 2.45) is 28.1 Å². The van der Waals surface area contributed by atoms with Gasteiger partial charge < -0.3 is 31.1 Å². The number of nitrogens with one attached hydrogen (secondary N) is 2. The van der Waals surface area contributed by atoms with Crippen LogP contribution in [0.3, 0.4) is 0 Å². The lowest BCUT2D eigenvalue weighted by molar-refractivity contribution is -0.256. The van der Waals surface area contributed by atoms with Crippen LogP contribution in [0.5, 0.6) is 0 Å². The molecule has 4 bridgehead atoms. The van der Waals surface area contributed by atoms with Gasteiger partial charge in [-0.05, 0) is 114 Å². The molecule has 0 amide bonds. The predicted molar refractivity (Wildman–Crippen MR) is 181 cm³/mol. The molecule has 45 heavy (non-hydrogen) atoms. The maximum absolute atomic E-state index is 12.9. The van der Waals surface area contributed by atoms with Crippen LogP contribution in [0.15, 0.2) is 70.9 Å². The van der Waals surface area contributed by atoms with Crippen LogP contribution >= 0.6 is 0 Å². The first-order valence-electron chi connectivity index (χ1n) is 17.1. The van der Waals surface area contributed by atoms with Crippen molar-refractivity contribution in [2.45, 2.75) is 90.3 Å². The lowest BCUT2D eigenvalue weighted by atomic mass is 9.34. The van der Waals surface area contributed by atoms with Gasteiger partial charge in [0.15, 0.2) is 0 Å². The first kappa shape index (κ1) is 35.7. The molecule has 6 N–H and O–H groups in total. The van der Waals surface area contributed by atoms with E-state index in [4.69, 9.17) is 0 Å². The number of rotatable bonds is 16. The standard InChI is InChI=1S/C38H58N2O5/c1-6-40-24-28(3)11-7-9-27(2)10-8-12-32(26-43)35-16-18-37-31(15-22-41)14-13-30(33(37)29(4)25-42)23-36(45,20-21-39-5)38(37,19-17-35)34(35)44/h8,10-14,25,30-31,34,39-41,43-45H,2,6-7,9,15-24,26H2,1,3-5H3. The molecule has 0 radical (unpaired) electrons. The fourth-order valence-electron chi connectivity index (χ4n) is 10.1. The summed E-state index contributed by atoms with van der Waals surface area (Å²) in [5, 5.41) is 53.2. The number of aldehydes is 1. The lowest BCUT2D eigenvalue weighted by Gasteiger charge is -2.71. The van der Waals surface area contributed by atoms with Crippen LogP contribution in [0.25, 0.3) is 0 Å². The van der Waals surface area contributed by atoms with Gasteiger partial charge in [-0.25, -0.2) is 0 Å². The fourth-order valence-corrected chi connectivity index (χ4v) is 10.1. The zero-order valence-electron chi connectivity index (χ0n) is 28.1. The Morgan fingerprint density at radius 2 is 1.91 bits per heavy atom. The second-order valence-electron chi connectivity index (χ2n) is 14.2. The van der Waals surface area contributed by atoms with E-state index in [1.807, 2.05) is 32.2 Å². The van der Waals surface area contributed by atoms with Gasteiger partial charge in [0.2, 0.25) is 0 Å². The predicted octanol–water partition coefficient (Wildman–Crippen LogP) is 4.71. The number of aliphatic hydroxyl groups excluding tert-OH is 3. The number of likely N-dealkylation sites (N-methyl/N-ethyl adjacent to an activating group) is 1. The molecule has 0 aliphatic heterocycles. The molecular weight excluding hydrogens is 564 g/mol. The van der Waals surface area contributed by atoms with Crippen molar-refractivity contribution in [2.75, 3.05) is 39.9 Å². The van der Waals surface area contributed by atoms with E-state index in [-0.39, 0.29) is 25.0 Å². The average molecular weight is 623 g/mol. The van der Waals surface area contributed by atoms with Crippen molar-refractivity contribution in [1.29, 1.82) is 0 Å². The maximum atomic E-state index is 12.9. The number of carbonyl (C=O) groups excluding carboxylic acids is 1. The van der Waals surface area contributed by atoms with Crippen molar-refractivity contribution >= 4 is 6.29 Å². The second-order valence-corrected chi connectivity index (χ2v) is 14.2. The van der Waals surface area contributed by atoms with E-state index in [9.17, 15) is 25.2 Å². The zero-order valence-corrected chi connectivity index (χ0v) is 28.1. The topological polar surface area (TPSA) is 122 Å². The summed E-state index contributed by atoms with van der Waals surface area (Å²) in [5.41, 5.74) is 1.33. The van der Waals surface area contributed by atoms with Crippen LogP contribution in [-0.4, -0.2) is 78.3 Å². The van der Waals surface area contributed by atoms with Gasteiger partial charge in [-0.3, -0.25) is 4.79 Å². The lowest BCUT2D eigenvalue weighted by Crippen LogP contribution is -2.73. The van der Waals surface area contributed by atoms with Gasteiger partial charge in [0.05, 0.1) is 18.3 Å². The smallest absolute Gasteiger partial charge is 0.145 e. The van der Waals surface area contributed by atoms with E-state index < -0.39 is 27.9 Å². The number of aliphatic hydroxyl groups is 4. The van der Waals surface area contributed by atoms with E-state index in [0.717, 1.165) is 48.9 Å². The summed E-state index contributed by atoms with van der Waals surface area (Å²) in [6.07, 6.45) is 18.2. The first-order chi connectivity index (χ1) is 21.6.